The zero-order valence-corrected chi connectivity index (χ0v) is 12.1. The van der Waals surface area contributed by atoms with Crippen molar-refractivity contribution < 1.29 is 4.74 Å². The summed E-state index contributed by atoms with van der Waals surface area (Å²) in [7, 11) is 0. The van der Waals surface area contributed by atoms with Crippen LogP contribution in [-0.2, 0) is 11.2 Å². The first kappa shape index (κ1) is 13.2. The lowest BCUT2D eigenvalue weighted by Crippen LogP contribution is -2.43. The van der Waals surface area contributed by atoms with Crippen molar-refractivity contribution >= 4 is 17.3 Å². The van der Waals surface area contributed by atoms with Gasteiger partial charge in [0.25, 0.3) is 0 Å². The van der Waals surface area contributed by atoms with Gasteiger partial charge in [-0.05, 0) is 43.9 Å². The number of fused-ring (bicyclic) bond motifs is 2. The zero-order chi connectivity index (χ0) is 13.4. The van der Waals surface area contributed by atoms with Gasteiger partial charge in [0.1, 0.15) is 0 Å². The van der Waals surface area contributed by atoms with Crippen LogP contribution in [0, 0.1) is 0 Å². The van der Waals surface area contributed by atoms with Crippen LogP contribution in [0.1, 0.15) is 25.3 Å². The molecule has 0 saturated carbocycles. The van der Waals surface area contributed by atoms with Crippen LogP contribution in [0.3, 0.4) is 0 Å². The van der Waals surface area contributed by atoms with Gasteiger partial charge in [-0.2, -0.15) is 0 Å². The Morgan fingerprint density at radius 1 is 1.37 bits per heavy atom. The lowest BCUT2D eigenvalue weighted by molar-refractivity contribution is 0.0304. The van der Waals surface area contributed by atoms with Gasteiger partial charge in [-0.25, -0.2) is 0 Å². The van der Waals surface area contributed by atoms with Crippen molar-refractivity contribution in [1.29, 1.82) is 0 Å². The largest absolute Gasteiger partial charge is 0.371 e. The number of anilines is 1. The summed E-state index contributed by atoms with van der Waals surface area (Å²) in [6.07, 6.45) is 3.97. The molecule has 0 aliphatic carbocycles. The Balaban J connectivity index is 1.89. The van der Waals surface area contributed by atoms with Gasteiger partial charge in [-0.3, -0.25) is 0 Å². The summed E-state index contributed by atoms with van der Waals surface area (Å²) < 4.78 is 5.90. The third-order valence-corrected chi connectivity index (χ3v) is 4.36. The fourth-order valence-electron chi connectivity index (χ4n) is 3.18. The van der Waals surface area contributed by atoms with Crippen molar-refractivity contribution in [2.75, 3.05) is 18.0 Å². The van der Waals surface area contributed by atoms with Crippen LogP contribution in [-0.4, -0.2) is 31.3 Å². The van der Waals surface area contributed by atoms with Crippen molar-refractivity contribution in [3.63, 3.8) is 0 Å². The number of benzene rings is 1. The molecule has 19 heavy (non-hydrogen) atoms. The summed E-state index contributed by atoms with van der Waals surface area (Å²) in [5.74, 6) is 0. The summed E-state index contributed by atoms with van der Waals surface area (Å²) >= 11 is 6.37. The van der Waals surface area contributed by atoms with Crippen molar-refractivity contribution in [2.45, 2.75) is 44.4 Å². The molecule has 2 fully saturated rings. The highest BCUT2D eigenvalue weighted by Crippen LogP contribution is 2.34. The second-order valence-electron chi connectivity index (χ2n) is 5.78. The lowest BCUT2D eigenvalue weighted by Gasteiger charge is -2.35. The van der Waals surface area contributed by atoms with Gasteiger partial charge in [-0.15, -0.1) is 0 Å². The van der Waals surface area contributed by atoms with Crippen LogP contribution in [0.15, 0.2) is 18.2 Å². The lowest BCUT2D eigenvalue weighted by atomic mass is 10.0. The van der Waals surface area contributed by atoms with Gasteiger partial charge < -0.3 is 15.4 Å². The molecule has 0 radical (unpaired) electrons. The van der Waals surface area contributed by atoms with E-state index < -0.39 is 0 Å². The maximum atomic E-state index is 6.37. The van der Waals surface area contributed by atoms with E-state index in [1.54, 1.807) is 0 Å². The van der Waals surface area contributed by atoms with E-state index in [0.717, 1.165) is 24.5 Å². The molecule has 3 unspecified atom stereocenters. The van der Waals surface area contributed by atoms with E-state index in [1.165, 1.54) is 24.1 Å². The minimum Gasteiger partial charge on any atom is -0.371 e. The fourth-order valence-corrected chi connectivity index (χ4v) is 3.43. The van der Waals surface area contributed by atoms with E-state index in [-0.39, 0.29) is 6.04 Å². The summed E-state index contributed by atoms with van der Waals surface area (Å²) in [6.45, 7) is 3.97. The standard InChI is InChI=1S/C15H21ClN2O/c1-10(17)7-13-14(16)3-2-4-15(13)18-8-11-5-6-12(9-18)19-11/h2-4,10-12H,5-9,17H2,1H3. The number of morpholine rings is 1. The van der Waals surface area contributed by atoms with Gasteiger partial charge in [0.05, 0.1) is 12.2 Å². The normalized spacial score (nSPS) is 27.6. The second-order valence-corrected chi connectivity index (χ2v) is 6.19. The van der Waals surface area contributed by atoms with Crippen LogP contribution in [0.2, 0.25) is 5.02 Å². The summed E-state index contributed by atoms with van der Waals surface area (Å²) in [5.41, 5.74) is 8.38. The van der Waals surface area contributed by atoms with E-state index >= 15 is 0 Å². The molecule has 1 aromatic rings. The molecule has 2 aliphatic heterocycles. The molecule has 3 atom stereocenters. The first-order chi connectivity index (χ1) is 9.13. The Morgan fingerprint density at radius 2 is 2.05 bits per heavy atom. The number of hydrogen-bond donors (Lipinski definition) is 1. The molecular weight excluding hydrogens is 260 g/mol. The van der Waals surface area contributed by atoms with Crippen molar-refractivity contribution in [1.82, 2.24) is 0 Å². The molecule has 2 saturated heterocycles. The maximum Gasteiger partial charge on any atom is 0.0755 e. The summed E-state index contributed by atoms with van der Waals surface area (Å²) in [4.78, 5) is 2.43. The predicted octanol–water partition coefficient (Wildman–Crippen LogP) is 2.60. The summed E-state index contributed by atoms with van der Waals surface area (Å²) in [6, 6.07) is 6.27. The maximum absolute atomic E-state index is 6.37. The quantitative estimate of drug-likeness (QED) is 0.925. The molecule has 2 N–H and O–H groups in total. The Kier molecular flexibility index (Phi) is 3.70. The molecule has 3 rings (SSSR count). The van der Waals surface area contributed by atoms with Gasteiger partial charge in [0.2, 0.25) is 0 Å². The van der Waals surface area contributed by atoms with E-state index in [2.05, 4.69) is 11.0 Å². The first-order valence-corrected chi connectivity index (χ1v) is 7.44. The molecule has 2 aliphatic rings. The van der Waals surface area contributed by atoms with E-state index in [9.17, 15) is 0 Å². The van der Waals surface area contributed by atoms with Gasteiger partial charge in [0.15, 0.2) is 0 Å². The first-order valence-electron chi connectivity index (χ1n) is 7.07. The highest BCUT2D eigenvalue weighted by Gasteiger charge is 2.34. The van der Waals surface area contributed by atoms with Crippen LogP contribution in [0.25, 0.3) is 0 Å². The smallest absolute Gasteiger partial charge is 0.0755 e. The molecule has 0 amide bonds. The van der Waals surface area contributed by atoms with Crippen LogP contribution < -0.4 is 10.6 Å². The zero-order valence-electron chi connectivity index (χ0n) is 11.3. The monoisotopic (exact) mass is 280 g/mol. The molecule has 1 aromatic carbocycles. The van der Waals surface area contributed by atoms with E-state index in [4.69, 9.17) is 22.1 Å². The number of ether oxygens (including phenoxy) is 1. The number of rotatable bonds is 3. The topological polar surface area (TPSA) is 38.5 Å². The van der Waals surface area contributed by atoms with Crippen LogP contribution in [0.4, 0.5) is 5.69 Å². The third-order valence-electron chi connectivity index (χ3n) is 4.00. The molecular formula is C15H21ClN2O. The SMILES string of the molecule is CC(N)Cc1c(Cl)cccc1N1CC2CCC(C1)O2. The van der Waals surface area contributed by atoms with Gasteiger partial charge >= 0.3 is 0 Å². The Hall–Kier alpha value is -0.770. The Morgan fingerprint density at radius 3 is 2.68 bits per heavy atom. The van der Waals surface area contributed by atoms with E-state index in [0.29, 0.717) is 12.2 Å². The molecule has 0 spiro atoms. The Labute approximate surface area is 119 Å². The van der Waals surface area contributed by atoms with Crippen LogP contribution >= 0.6 is 11.6 Å². The molecule has 4 heteroatoms. The van der Waals surface area contributed by atoms with Crippen LogP contribution in [0.5, 0.6) is 0 Å². The molecule has 3 nitrogen and oxygen atoms in total. The third kappa shape index (κ3) is 2.73. The second kappa shape index (κ2) is 5.31. The number of halogens is 1. The van der Waals surface area contributed by atoms with E-state index in [1.807, 2.05) is 19.1 Å². The molecule has 2 heterocycles. The van der Waals surface area contributed by atoms with Gasteiger partial charge in [0, 0.05) is 29.8 Å². The van der Waals surface area contributed by atoms with Gasteiger partial charge in [-0.1, -0.05) is 17.7 Å². The average Bonchev–Trinajstić information content (AvgIpc) is 2.70. The Bertz CT molecular complexity index is 451. The number of hydrogen-bond acceptors (Lipinski definition) is 3. The fraction of sp³-hybridized carbons (Fsp3) is 0.600. The minimum absolute atomic E-state index is 0.122. The average molecular weight is 281 g/mol. The highest BCUT2D eigenvalue weighted by molar-refractivity contribution is 6.31. The predicted molar refractivity (Wildman–Crippen MR) is 78.9 cm³/mol. The highest BCUT2D eigenvalue weighted by atomic mass is 35.5. The van der Waals surface area contributed by atoms with Crippen molar-refractivity contribution in [3.8, 4) is 0 Å². The van der Waals surface area contributed by atoms with Crippen molar-refractivity contribution in [3.05, 3.63) is 28.8 Å². The number of nitrogens with zero attached hydrogens (tertiary/aromatic N) is 1. The molecule has 0 aromatic heterocycles. The van der Waals surface area contributed by atoms with Crippen molar-refractivity contribution in [2.24, 2.45) is 5.73 Å². The summed E-state index contributed by atoms with van der Waals surface area (Å²) in [5, 5.41) is 0.827. The number of nitrogens with two attached hydrogens (primary N) is 1. The molecule has 104 valence electrons. The minimum atomic E-state index is 0.122. The molecule has 2 bridgehead atoms.